The van der Waals surface area contributed by atoms with Gasteiger partial charge in [0, 0.05) is 6.92 Å². The highest BCUT2D eigenvalue weighted by atomic mass is 16.3. The summed E-state index contributed by atoms with van der Waals surface area (Å²) in [5, 5.41) is 11.8. The Morgan fingerprint density at radius 3 is 2.83 bits per heavy atom. The smallest absolute Gasteiger partial charge is 0.217 e. The Kier molecular flexibility index (Phi) is 2.22. The van der Waals surface area contributed by atoms with Crippen molar-refractivity contribution in [2.75, 3.05) is 0 Å². The van der Waals surface area contributed by atoms with E-state index in [9.17, 15) is 4.79 Å². The van der Waals surface area contributed by atoms with Gasteiger partial charge in [-0.1, -0.05) is 6.08 Å². The van der Waals surface area contributed by atoms with Crippen molar-refractivity contribution in [1.82, 2.24) is 5.32 Å². The summed E-state index contributed by atoms with van der Waals surface area (Å²) < 4.78 is 0. The summed E-state index contributed by atoms with van der Waals surface area (Å²) >= 11 is 0. The fourth-order valence-electron chi connectivity index (χ4n) is 1.22. The van der Waals surface area contributed by atoms with E-state index < -0.39 is 0 Å². The molecule has 0 radical (unpaired) electrons. The highest BCUT2D eigenvalue weighted by Crippen LogP contribution is 2.18. The molecule has 1 atom stereocenters. The van der Waals surface area contributed by atoms with Gasteiger partial charge >= 0.3 is 0 Å². The SMILES string of the molecule is CC(=O)NC1(C)C=CC(O)=CC1. The van der Waals surface area contributed by atoms with E-state index >= 15 is 0 Å². The van der Waals surface area contributed by atoms with E-state index in [0.717, 1.165) is 0 Å². The van der Waals surface area contributed by atoms with Crippen LogP contribution in [0, 0.1) is 0 Å². The van der Waals surface area contributed by atoms with Crippen molar-refractivity contribution in [2.24, 2.45) is 0 Å². The zero-order valence-corrected chi connectivity index (χ0v) is 7.29. The molecule has 1 amide bonds. The Bertz CT molecular complexity index is 255. The zero-order chi connectivity index (χ0) is 9.19. The molecule has 0 aromatic heterocycles. The zero-order valence-electron chi connectivity index (χ0n) is 7.29. The third-order valence-electron chi connectivity index (χ3n) is 1.82. The van der Waals surface area contributed by atoms with Crippen LogP contribution in [0.5, 0.6) is 0 Å². The van der Waals surface area contributed by atoms with E-state index in [0.29, 0.717) is 6.42 Å². The van der Waals surface area contributed by atoms with Gasteiger partial charge in [0.1, 0.15) is 5.76 Å². The molecule has 12 heavy (non-hydrogen) atoms. The Morgan fingerprint density at radius 1 is 1.75 bits per heavy atom. The topological polar surface area (TPSA) is 49.3 Å². The lowest BCUT2D eigenvalue weighted by Crippen LogP contribution is -2.43. The number of aliphatic hydroxyl groups is 1. The van der Waals surface area contributed by atoms with E-state index in [2.05, 4.69) is 5.32 Å². The molecule has 0 aromatic carbocycles. The van der Waals surface area contributed by atoms with Crippen molar-refractivity contribution in [2.45, 2.75) is 25.8 Å². The van der Waals surface area contributed by atoms with Gasteiger partial charge in [0.15, 0.2) is 0 Å². The van der Waals surface area contributed by atoms with E-state index in [1.807, 2.05) is 6.92 Å². The number of rotatable bonds is 1. The monoisotopic (exact) mass is 167 g/mol. The molecule has 0 saturated carbocycles. The average molecular weight is 167 g/mol. The summed E-state index contributed by atoms with van der Waals surface area (Å²) in [6, 6.07) is 0. The first-order valence-corrected chi connectivity index (χ1v) is 3.89. The third kappa shape index (κ3) is 2.12. The number of allylic oxidation sites excluding steroid dienone is 1. The van der Waals surface area contributed by atoms with Gasteiger partial charge in [0.2, 0.25) is 5.91 Å². The summed E-state index contributed by atoms with van der Waals surface area (Å²) in [7, 11) is 0. The van der Waals surface area contributed by atoms with E-state index in [4.69, 9.17) is 5.11 Å². The highest BCUT2D eigenvalue weighted by molar-refractivity contribution is 5.74. The molecule has 0 aromatic rings. The van der Waals surface area contributed by atoms with Crippen LogP contribution in [0.25, 0.3) is 0 Å². The lowest BCUT2D eigenvalue weighted by Gasteiger charge is -2.27. The Balaban J connectivity index is 2.65. The van der Waals surface area contributed by atoms with Crippen LogP contribution in [0.3, 0.4) is 0 Å². The molecule has 0 spiro atoms. The largest absolute Gasteiger partial charge is 0.508 e. The predicted octanol–water partition coefficient (Wildman–Crippen LogP) is 1.28. The summed E-state index contributed by atoms with van der Waals surface area (Å²) in [6.45, 7) is 3.39. The number of amides is 1. The van der Waals surface area contributed by atoms with Gasteiger partial charge in [0.05, 0.1) is 5.54 Å². The second kappa shape index (κ2) is 3.01. The maximum atomic E-state index is 10.8. The number of aliphatic hydroxyl groups excluding tert-OH is 1. The first-order chi connectivity index (χ1) is 5.52. The molecule has 2 N–H and O–H groups in total. The van der Waals surface area contributed by atoms with Crippen LogP contribution in [0.4, 0.5) is 0 Å². The van der Waals surface area contributed by atoms with Crippen LogP contribution in [-0.4, -0.2) is 16.6 Å². The number of nitrogens with one attached hydrogen (secondary N) is 1. The maximum absolute atomic E-state index is 10.8. The third-order valence-corrected chi connectivity index (χ3v) is 1.82. The van der Waals surface area contributed by atoms with Gasteiger partial charge in [-0.15, -0.1) is 0 Å². The summed E-state index contributed by atoms with van der Waals surface area (Å²) in [5.74, 6) is 0.203. The minimum Gasteiger partial charge on any atom is -0.508 e. The van der Waals surface area contributed by atoms with Crippen LogP contribution in [0.15, 0.2) is 24.0 Å². The highest BCUT2D eigenvalue weighted by Gasteiger charge is 2.22. The van der Waals surface area contributed by atoms with Crippen molar-refractivity contribution < 1.29 is 9.90 Å². The van der Waals surface area contributed by atoms with Crippen molar-refractivity contribution in [3.05, 3.63) is 24.0 Å². The molecule has 0 fully saturated rings. The van der Waals surface area contributed by atoms with Crippen LogP contribution in [0.2, 0.25) is 0 Å². The first-order valence-electron chi connectivity index (χ1n) is 3.89. The van der Waals surface area contributed by atoms with E-state index in [1.165, 1.54) is 6.92 Å². The standard InChI is InChI=1S/C9H13NO2/c1-7(11)10-9(2)5-3-8(12)4-6-9/h3-5,12H,6H2,1-2H3,(H,10,11). The lowest BCUT2D eigenvalue weighted by molar-refractivity contribution is -0.120. The molecule has 1 aliphatic carbocycles. The molecular formula is C9H13NO2. The van der Waals surface area contributed by atoms with Crippen molar-refractivity contribution >= 4 is 5.91 Å². The normalized spacial score (nSPS) is 28.0. The minimum atomic E-state index is -0.335. The van der Waals surface area contributed by atoms with E-state index in [-0.39, 0.29) is 17.2 Å². The second-order valence-corrected chi connectivity index (χ2v) is 3.27. The maximum Gasteiger partial charge on any atom is 0.217 e. The van der Waals surface area contributed by atoms with Crippen LogP contribution >= 0.6 is 0 Å². The number of hydrogen-bond acceptors (Lipinski definition) is 2. The summed E-state index contributed by atoms with van der Waals surface area (Å²) in [6.07, 6.45) is 5.72. The fourth-order valence-corrected chi connectivity index (χ4v) is 1.22. The average Bonchev–Trinajstić information content (AvgIpc) is 1.94. The van der Waals surface area contributed by atoms with Gasteiger partial charge in [-0.2, -0.15) is 0 Å². The van der Waals surface area contributed by atoms with Gasteiger partial charge in [-0.25, -0.2) is 0 Å². The lowest BCUT2D eigenvalue weighted by atomic mass is 9.93. The van der Waals surface area contributed by atoms with Crippen LogP contribution < -0.4 is 5.32 Å². The quantitative estimate of drug-likeness (QED) is 0.618. The molecular weight excluding hydrogens is 154 g/mol. The first kappa shape index (κ1) is 8.84. The molecule has 0 saturated heterocycles. The van der Waals surface area contributed by atoms with Crippen LogP contribution in [-0.2, 0) is 4.79 Å². The number of hydrogen-bond donors (Lipinski definition) is 2. The van der Waals surface area contributed by atoms with Gasteiger partial charge < -0.3 is 10.4 Å². The number of carbonyl (C=O) groups is 1. The molecule has 1 unspecified atom stereocenters. The fraction of sp³-hybridized carbons (Fsp3) is 0.444. The molecule has 3 heteroatoms. The molecule has 0 aliphatic heterocycles. The Labute approximate surface area is 71.8 Å². The Hall–Kier alpha value is -1.25. The van der Waals surface area contributed by atoms with Gasteiger partial charge in [-0.05, 0) is 25.5 Å². The summed E-state index contributed by atoms with van der Waals surface area (Å²) in [5.41, 5.74) is -0.335. The molecule has 1 rings (SSSR count). The molecule has 1 aliphatic rings. The second-order valence-electron chi connectivity index (χ2n) is 3.27. The van der Waals surface area contributed by atoms with Crippen molar-refractivity contribution in [3.8, 4) is 0 Å². The van der Waals surface area contributed by atoms with Crippen molar-refractivity contribution in [1.29, 1.82) is 0 Å². The number of carbonyl (C=O) groups excluding carboxylic acids is 1. The Morgan fingerprint density at radius 2 is 2.42 bits per heavy atom. The van der Waals surface area contributed by atoms with Crippen LogP contribution in [0.1, 0.15) is 20.3 Å². The minimum absolute atomic E-state index is 0.0584. The van der Waals surface area contributed by atoms with Crippen molar-refractivity contribution in [3.63, 3.8) is 0 Å². The predicted molar refractivity (Wildman–Crippen MR) is 46.7 cm³/mol. The van der Waals surface area contributed by atoms with Gasteiger partial charge in [-0.3, -0.25) is 4.79 Å². The molecule has 66 valence electrons. The van der Waals surface area contributed by atoms with E-state index in [1.54, 1.807) is 18.2 Å². The van der Waals surface area contributed by atoms with Gasteiger partial charge in [0.25, 0.3) is 0 Å². The molecule has 0 heterocycles. The summed E-state index contributed by atoms with van der Waals surface area (Å²) in [4.78, 5) is 10.8. The molecule has 0 bridgehead atoms. The molecule has 3 nitrogen and oxygen atoms in total.